The Kier molecular flexibility index (Phi) is 2.09. The van der Waals surface area contributed by atoms with Crippen molar-refractivity contribution >= 4 is 13.9 Å². The highest BCUT2D eigenvalue weighted by Gasteiger charge is 2.10. The van der Waals surface area contributed by atoms with Gasteiger partial charge in [0, 0.05) is 18.8 Å². The van der Waals surface area contributed by atoms with Gasteiger partial charge in [-0.05, 0) is 30.5 Å². The van der Waals surface area contributed by atoms with Crippen LogP contribution >= 0.6 is 8.19 Å². The Morgan fingerprint density at radius 1 is 1.27 bits per heavy atom. The number of nitrogens with zero attached hydrogens (tertiary/aromatic N) is 1. The number of hydrogen-bond donors (Lipinski definition) is 0. The standard InChI is InChI=1S/C9H12NP/c1-2-6-10(5-1)9-4-3-7-11-8-9/h3-4,7-8H,1-2,5-6H2. The first-order valence-corrected chi connectivity index (χ1v) is 5.15. The van der Waals surface area contributed by atoms with Crippen molar-refractivity contribution in [2.24, 2.45) is 0 Å². The van der Waals surface area contributed by atoms with E-state index in [1.807, 2.05) is 0 Å². The van der Waals surface area contributed by atoms with Crippen LogP contribution in [0, 0.1) is 0 Å². The molecule has 1 aromatic rings. The molecule has 1 fully saturated rings. The maximum atomic E-state index is 2.47. The smallest absolute Gasteiger partial charge is 0.0412 e. The lowest BCUT2D eigenvalue weighted by molar-refractivity contribution is 0.949. The quantitative estimate of drug-likeness (QED) is 0.618. The molecule has 1 aromatic heterocycles. The summed E-state index contributed by atoms with van der Waals surface area (Å²) < 4.78 is 0. The van der Waals surface area contributed by atoms with Gasteiger partial charge in [0.25, 0.3) is 0 Å². The summed E-state index contributed by atoms with van der Waals surface area (Å²) in [6.07, 6.45) is 2.73. The molecule has 2 heteroatoms. The number of rotatable bonds is 1. The van der Waals surface area contributed by atoms with E-state index in [1.165, 1.54) is 39.8 Å². The molecule has 0 saturated carbocycles. The van der Waals surface area contributed by atoms with Crippen molar-refractivity contribution in [1.29, 1.82) is 0 Å². The van der Waals surface area contributed by atoms with Gasteiger partial charge in [-0.3, -0.25) is 0 Å². The Morgan fingerprint density at radius 3 is 2.73 bits per heavy atom. The largest absolute Gasteiger partial charge is 0.371 e. The highest BCUT2D eigenvalue weighted by Crippen LogP contribution is 2.22. The topological polar surface area (TPSA) is 3.24 Å². The maximum absolute atomic E-state index is 2.47. The van der Waals surface area contributed by atoms with Crippen LogP contribution < -0.4 is 4.90 Å². The van der Waals surface area contributed by atoms with Crippen molar-refractivity contribution in [2.75, 3.05) is 18.0 Å². The summed E-state index contributed by atoms with van der Waals surface area (Å²) in [5, 5.41) is 0. The van der Waals surface area contributed by atoms with Crippen LogP contribution in [0.25, 0.3) is 0 Å². The van der Waals surface area contributed by atoms with Crippen LogP contribution in [0.3, 0.4) is 0 Å². The monoisotopic (exact) mass is 165 g/mol. The zero-order chi connectivity index (χ0) is 7.52. The van der Waals surface area contributed by atoms with Crippen LogP contribution in [0.15, 0.2) is 23.7 Å². The number of anilines is 1. The van der Waals surface area contributed by atoms with Crippen LogP contribution in [0.5, 0.6) is 0 Å². The summed E-state index contributed by atoms with van der Waals surface area (Å²) in [5.74, 6) is 4.45. The molecule has 1 saturated heterocycles. The summed E-state index contributed by atoms with van der Waals surface area (Å²) in [5.41, 5.74) is 1.42. The van der Waals surface area contributed by atoms with Crippen molar-refractivity contribution < 1.29 is 0 Å². The molecule has 0 aromatic carbocycles. The lowest BCUT2D eigenvalue weighted by atomic mass is 10.4. The van der Waals surface area contributed by atoms with Crippen LogP contribution in [-0.2, 0) is 0 Å². The SMILES string of the molecule is c1cpcc(N2CCCC2)c1. The first-order chi connectivity index (χ1) is 5.47. The van der Waals surface area contributed by atoms with E-state index in [0.717, 1.165) is 0 Å². The Labute approximate surface area is 69.1 Å². The second-order valence-corrected chi connectivity index (χ2v) is 3.76. The molecular formula is C9H12NP. The van der Waals surface area contributed by atoms with Crippen molar-refractivity contribution in [3.63, 3.8) is 0 Å². The van der Waals surface area contributed by atoms with Gasteiger partial charge in [0.1, 0.15) is 0 Å². The molecule has 1 aliphatic rings. The maximum Gasteiger partial charge on any atom is 0.0412 e. The zero-order valence-electron chi connectivity index (χ0n) is 6.53. The summed E-state index contributed by atoms with van der Waals surface area (Å²) in [6.45, 7) is 2.51. The molecule has 58 valence electrons. The molecule has 1 aliphatic heterocycles. The van der Waals surface area contributed by atoms with Crippen LogP contribution in [0.1, 0.15) is 12.8 Å². The Hall–Kier alpha value is -0.550. The fourth-order valence-corrected chi connectivity index (χ4v) is 2.19. The molecule has 11 heavy (non-hydrogen) atoms. The summed E-state index contributed by atoms with van der Waals surface area (Å²) >= 11 is 0. The van der Waals surface area contributed by atoms with Crippen molar-refractivity contribution in [3.8, 4) is 0 Å². The fourth-order valence-electron chi connectivity index (χ4n) is 1.52. The molecule has 0 bridgehead atoms. The van der Waals surface area contributed by atoms with Crippen LogP contribution in [0.2, 0.25) is 0 Å². The van der Waals surface area contributed by atoms with Crippen LogP contribution in [0.4, 0.5) is 5.69 Å². The van der Waals surface area contributed by atoms with Gasteiger partial charge in [0.15, 0.2) is 0 Å². The molecule has 0 aliphatic carbocycles. The minimum absolute atomic E-state index is 1.26. The van der Waals surface area contributed by atoms with E-state index in [0.29, 0.717) is 0 Å². The van der Waals surface area contributed by atoms with Crippen LogP contribution in [-0.4, -0.2) is 13.1 Å². The predicted octanol–water partition coefficient (Wildman–Crippen LogP) is 2.87. The molecule has 2 rings (SSSR count). The lowest BCUT2D eigenvalue weighted by Gasteiger charge is -2.16. The van der Waals surface area contributed by atoms with Crippen molar-refractivity contribution in [3.05, 3.63) is 23.7 Å². The second kappa shape index (κ2) is 3.23. The summed E-state index contributed by atoms with van der Waals surface area (Å²) in [7, 11) is 1.33. The predicted molar refractivity (Wildman–Crippen MR) is 50.4 cm³/mol. The molecule has 1 nitrogen and oxygen atoms in total. The fraction of sp³-hybridized carbons (Fsp3) is 0.444. The van der Waals surface area contributed by atoms with Gasteiger partial charge in [-0.1, -0.05) is 14.3 Å². The lowest BCUT2D eigenvalue weighted by Crippen LogP contribution is -2.16. The normalized spacial score (nSPS) is 18.0. The van der Waals surface area contributed by atoms with E-state index in [2.05, 4.69) is 28.6 Å². The van der Waals surface area contributed by atoms with E-state index < -0.39 is 0 Å². The first-order valence-electron chi connectivity index (χ1n) is 4.12. The average Bonchev–Trinajstić information content (AvgIpc) is 2.58. The van der Waals surface area contributed by atoms with Gasteiger partial charge in [-0.15, -0.1) is 0 Å². The van der Waals surface area contributed by atoms with E-state index in [1.54, 1.807) is 0 Å². The third kappa shape index (κ3) is 1.54. The third-order valence-corrected chi connectivity index (χ3v) is 2.88. The van der Waals surface area contributed by atoms with Crippen molar-refractivity contribution in [1.82, 2.24) is 0 Å². The first kappa shape index (κ1) is 7.12. The van der Waals surface area contributed by atoms with Gasteiger partial charge < -0.3 is 4.90 Å². The molecule has 0 radical (unpaired) electrons. The van der Waals surface area contributed by atoms with Gasteiger partial charge in [0.2, 0.25) is 0 Å². The Bertz CT molecular complexity index is 216. The summed E-state index contributed by atoms with van der Waals surface area (Å²) in [6, 6.07) is 4.36. The summed E-state index contributed by atoms with van der Waals surface area (Å²) in [4.78, 5) is 2.47. The molecule has 2 heterocycles. The van der Waals surface area contributed by atoms with E-state index >= 15 is 0 Å². The van der Waals surface area contributed by atoms with Gasteiger partial charge in [-0.25, -0.2) is 0 Å². The highest BCUT2D eigenvalue weighted by molar-refractivity contribution is 7.28. The van der Waals surface area contributed by atoms with E-state index in [9.17, 15) is 0 Å². The minimum Gasteiger partial charge on any atom is -0.371 e. The van der Waals surface area contributed by atoms with Gasteiger partial charge in [-0.2, -0.15) is 0 Å². The zero-order valence-corrected chi connectivity index (χ0v) is 7.43. The molecule has 0 amide bonds. The Morgan fingerprint density at radius 2 is 2.09 bits per heavy atom. The number of hydrogen-bond acceptors (Lipinski definition) is 1. The van der Waals surface area contributed by atoms with E-state index in [-0.39, 0.29) is 0 Å². The molecule has 0 atom stereocenters. The highest BCUT2D eigenvalue weighted by atomic mass is 31.0. The molecular weight excluding hydrogens is 153 g/mol. The van der Waals surface area contributed by atoms with E-state index in [4.69, 9.17) is 0 Å². The second-order valence-electron chi connectivity index (χ2n) is 2.91. The van der Waals surface area contributed by atoms with Crippen molar-refractivity contribution in [2.45, 2.75) is 12.8 Å². The molecule has 0 unspecified atom stereocenters. The van der Waals surface area contributed by atoms with Gasteiger partial charge in [0.05, 0.1) is 0 Å². The molecule has 0 N–H and O–H groups in total. The molecule has 0 spiro atoms. The minimum atomic E-state index is 1.26. The van der Waals surface area contributed by atoms with Gasteiger partial charge >= 0.3 is 0 Å². The average molecular weight is 165 g/mol. The Balaban J connectivity index is 2.16. The third-order valence-electron chi connectivity index (χ3n) is 2.12.